The van der Waals surface area contributed by atoms with Crippen molar-refractivity contribution in [3.8, 4) is 0 Å². The molecule has 0 aliphatic heterocycles. The van der Waals surface area contributed by atoms with Crippen LogP contribution in [-0.4, -0.2) is 20.6 Å². The summed E-state index contributed by atoms with van der Waals surface area (Å²) in [5, 5.41) is 3.33. The monoisotopic (exact) mass is 286 g/mol. The molecule has 0 saturated heterocycles. The van der Waals surface area contributed by atoms with Crippen molar-refractivity contribution < 1.29 is 4.39 Å². The van der Waals surface area contributed by atoms with Crippen LogP contribution in [0.3, 0.4) is 0 Å². The summed E-state index contributed by atoms with van der Waals surface area (Å²) in [6.45, 7) is 4.91. The second kappa shape index (κ2) is 6.72. The quantitative estimate of drug-likeness (QED) is 0.898. The molecule has 0 amide bonds. The summed E-state index contributed by atoms with van der Waals surface area (Å²) in [6, 6.07) is 13.6. The van der Waals surface area contributed by atoms with Gasteiger partial charge in [0.25, 0.3) is 0 Å². The number of anilines is 1. The van der Waals surface area contributed by atoms with Crippen LogP contribution in [0.5, 0.6) is 0 Å². The predicted molar refractivity (Wildman–Crippen MR) is 87.4 cm³/mol. The standard InChI is InChI=1S/C18H23FN2/c1-13-9-14(2)11-15(10-13)17(20-3)12-21(4)18-8-6-5-7-16(18)19/h5-11,17,20H,12H2,1-4H3. The van der Waals surface area contributed by atoms with Gasteiger partial charge in [-0.05, 0) is 38.6 Å². The molecule has 2 aromatic carbocycles. The van der Waals surface area contributed by atoms with Crippen molar-refractivity contribution in [1.82, 2.24) is 5.32 Å². The van der Waals surface area contributed by atoms with Crippen LogP contribution >= 0.6 is 0 Å². The fraction of sp³-hybridized carbons (Fsp3) is 0.333. The SMILES string of the molecule is CNC(CN(C)c1ccccc1F)c1cc(C)cc(C)c1. The van der Waals surface area contributed by atoms with Crippen LogP contribution in [0.1, 0.15) is 22.7 Å². The number of hydrogen-bond donors (Lipinski definition) is 1. The summed E-state index contributed by atoms with van der Waals surface area (Å²) in [5.74, 6) is -0.185. The molecule has 0 aliphatic rings. The van der Waals surface area contributed by atoms with Crippen LogP contribution < -0.4 is 10.2 Å². The molecule has 112 valence electrons. The summed E-state index contributed by atoms with van der Waals surface area (Å²) in [4.78, 5) is 1.95. The largest absolute Gasteiger partial charge is 0.370 e. The number of aryl methyl sites for hydroxylation is 2. The van der Waals surface area contributed by atoms with Crippen molar-refractivity contribution in [3.63, 3.8) is 0 Å². The van der Waals surface area contributed by atoms with Crippen molar-refractivity contribution in [2.24, 2.45) is 0 Å². The third-order valence-corrected chi connectivity index (χ3v) is 3.71. The van der Waals surface area contributed by atoms with Gasteiger partial charge in [-0.25, -0.2) is 4.39 Å². The second-order valence-corrected chi connectivity index (χ2v) is 5.59. The molecule has 0 aromatic heterocycles. The lowest BCUT2D eigenvalue weighted by atomic mass is 10.0. The second-order valence-electron chi connectivity index (χ2n) is 5.59. The van der Waals surface area contributed by atoms with Crippen molar-refractivity contribution in [2.45, 2.75) is 19.9 Å². The van der Waals surface area contributed by atoms with Gasteiger partial charge in [-0.15, -0.1) is 0 Å². The molecule has 2 rings (SSSR count). The number of likely N-dealkylation sites (N-methyl/N-ethyl adjacent to an activating group) is 2. The van der Waals surface area contributed by atoms with Gasteiger partial charge >= 0.3 is 0 Å². The van der Waals surface area contributed by atoms with Crippen molar-refractivity contribution in [3.05, 3.63) is 65.0 Å². The van der Waals surface area contributed by atoms with E-state index in [0.29, 0.717) is 12.2 Å². The Morgan fingerprint density at radius 1 is 1.10 bits per heavy atom. The Morgan fingerprint density at radius 2 is 1.71 bits per heavy atom. The lowest BCUT2D eigenvalue weighted by molar-refractivity contribution is 0.574. The Labute approximate surface area is 126 Å². The average molecular weight is 286 g/mol. The first-order chi connectivity index (χ1) is 10.0. The molecule has 0 saturated carbocycles. The van der Waals surface area contributed by atoms with Gasteiger partial charge in [-0.2, -0.15) is 0 Å². The number of para-hydroxylation sites is 1. The summed E-state index contributed by atoms with van der Waals surface area (Å²) >= 11 is 0. The Kier molecular flexibility index (Phi) is 4.97. The zero-order chi connectivity index (χ0) is 15.4. The molecule has 0 spiro atoms. The molecule has 0 radical (unpaired) electrons. The molecule has 1 atom stereocenters. The first-order valence-corrected chi connectivity index (χ1v) is 7.22. The smallest absolute Gasteiger partial charge is 0.146 e. The lowest BCUT2D eigenvalue weighted by Crippen LogP contribution is -2.31. The van der Waals surface area contributed by atoms with E-state index < -0.39 is 0 Å². The number of nitrogens with zero attached hydrogens (tertiary/aromatic N) is 1. The highest BCUT2D eigenvalue weighted by atomic mass is 19.1. The molecule has 2 aromatic rings. The highest BCUT2D eigenvalue weighted by Gasteiger charge is 2.15. The number of benzene rings is 2. The minimum atomic E-state index is -0.185. The van der Waals surface area contributed by atoms with Gasteiger partial charge in [0, 0.05) is 19.6 Å². The van der Waals surface area contributed by atoms with Crippen LogP contribution in [0.25, 0.3) is 0 Å². The maximum atomic E-state index is 13.9. The van der Waals surface area contributed by atoms with Crippen LogP contribution in [0.15, 0.2) is 42.5 Å². The molecule has 3 heteroatoms. The van der Waals surface area contributed by atoms with Crippen LogP contribution in [0.2, 0.25) is 0 Å². The van der Waals surface area contributed by atoms with Gasteiger partial charge in [-0.3, -0.25) is 0 Å². The normalized spacial score (nSPS) is 12.2. The zero-order valence-corrected chi connectivity index (χ0v) is 13.2. The molecule has 0 fully saturated rings. The minimum absolute atomic E-state index is 0.160. The predicted octanol–water partition coefficient (Wildman–Crippen LogP) is 3.84. The molecular weight excluding hydrogens is 263 g/mol. The highest BCUT2D eigenvalue weighted by molar-refractivity contribution is 5.47. The Hall–Kier alpha value is -1.87. The van der Waals surface area contributed by atoms with Crippen molar-refractivity contribution >= 4 is 5.69 Å². The maximum Gasteiger partial charge on any atom is 0.146 e. The van der Waals surface area contributed by atoms with Crippen LogP contribution in [-0.2, 0) is 0 Å². The highest BCUT2D eigenvalue weighted by Crippen LogP contribution is 2.22. The molecule has 0 aliphatic carbocycles. The van der Waals surface area contributed by atoms with Crippen LogP contribution in [0, 0.1) is 19.7 Å². The van der Waals surface area contributed by atoms with Gasteiger partial charge in [0.05, 0.1) is 5.69 Å². The Bertz CT molecular complexity index is 590. The van der Waals surface area contributed by atoms with E-state index in [1.54, 1.807) is 6.07 Å². The van der Waals surface area contributed by atoms with E-state index in [4.69, 9.17) is 0 Å². The van der Waals surface area contributed by atoms with E-state index in [9.17, 15) is 4.39 Å². The summed E-state index contributed by atoms with van der Waals surface area (Å²) in [7, 11) is 3.86. The molecule has 2 nitrogen and oxygen atoms in total. The molecule has 1 N–H and O–H groups in total. The van der Waals surface area contributed by atoms with E-state index in [1.165, 1.54) is 22.8 Å². The fourth-order valence-corrected chi connectivity index (χ4v) is 2.71. The third-order valence-electron chi connectivity index (χ3n) is 3.71. The lowest BCUT2D eigenvalue weighted by Gasteiger charge is -2.26. The molecule has 0 bridgehead atoms. The Morgan fingerprint density at radius 3 is 2.29 bits per heavy atom. The first-order valence-electron chi connectivity index (χ1n) is 7.22. The fourth-order valence-electron chi connectivity index (χ4n) is 2.71. The molecule has 0 heterocycles. The summed E-state index contributed by atoms with van der Waals surface area (Å²) in [5.41, 5.74) is 4.36. The maximum absolute atomic E-state index is 13.9. The van der Waals surface area contributed by atoms with Gasteiger partial charge in [0.1, 0.15) is 5.82 Å². The number of nitrogens with one attached hydrogen (secondary N) is 1. The Balaban J connectivity index is 2.21. The first kappa shape index (κ1) is 15.5. The number of halogens is 1. The number of rotatable bonds is 5. The van der Waals surface area contributed by atoms with E-state index in [-0.39, 0.29) is 11.9 Å². The summed E-state index contributed by atoms with van der Waals surface area (Å²) in [6.07, 6.45) is 0. The topological polar surface area (TPSA) is 15.3 Å². The minimum Gasteiger partial charge on any atom is -0.370 e. The van der Waals surface area contributed by atoms with E-state index in [1.807, 2.05) is 31.1 Å². The van der Waals surface area contributed by atoms with Gasteiger partial charge in [0.15, 0.2) is 0 Å². The van der Waals surface area contributed by atoms with Crippen molar-refractivity contribution in [2.75, 3.05) is 25.5 Å². The molecular formula is C18H23FN2. The van der Waals surface area contributed by atoms with Gasteiger partial charge in [-0.1, -0.05) is 41.5 Å². The van der Waals surface area contributed by atoms with Crippen LogP contribution in [0.4, 0.5) is 10.1 Å². The van der Waals surface area contributed by atoms with E-state index >= 15 is 0 Å². The molecule has 21 heavy (non-hydrogen) atoms. The average Bonchev–Trinajstić information content (AvgIpc) is 2.43. The zero-order valence-electron chi connectivity index (χ0n) is 13.2. The van der Waals surface area contributed by atoms with E-state index in [2.05, 4.69) is 37.4 Å². The summed E-state index contributed by atoms with van der Waals surface area (Å²) < 4.78 is 13.9. The molecule has 1 unspecified atom stereocenters. The van der Waals surface area contributed by atoms with E-state index in [0.717, 1.165) is 0 Å². The van der Waals surface area contributed by atoms with Gasteiger partial charge < -0.3 is 10.2 Å². The number of hydrogen-bond acceptors (Lipinski definition) is 2. The van der Waals surface area contributed by atoms with Gasteiger partial charge in [0.2, 0.25) is 0 Å². The third kappa shape index (κ3) is 3.82. The van der Waals surface area contributed by atoms with Crippen molar-refractivity contribution in [1.29, 1.82) is 0 Å².